The van der Waals surface area contributed by atoms with Gasteiger partial charge in [-0.3, -0.25) is 4.79 Å². The summed E-state index contributed by atoms with van der Waals surface area (Å²) < 4.78 is 22.4. The van der Waals surface area contributed by atoms with Crippen LogP contribution in [0.2, 0.25) is 0 Å². The fraction of sp³-hybridized carbons (Fsp3) is 0.316. The van der Waals surface area contributed by atoms with Crippen molar-refractivity contribution in [3.63, 3.8) is 0 Å². The highest BCUT2D eigenvalue weighted by atomic mass is 32.2. The highest BCUT2D eigenvalue weighted by Crippen LogP contribution is 2.09. The number of nitrogens with two attached hydrogens (primary N) is 1. The van der Waals surface area contributed by atoms with Crippen molar-refractivity contribution in [3.8, 4) is 0 Å². The summed E-state index contributed by atoms with van der Waals surface area (Å²) >= 11 is 0. The lowest BCUT2D eigenvalue weighted by Crippen LogP contribution is -2.29. The van der Waals surface area contributed by atoms with Crippen molar-refractivity contribution in [3.05, 3.63) is 65.2 Å². The van der Waals surface area contributed by atoms with Gasteiger partial charge in [-0.05, 0) is 42.2 Å². The molecule has 0 aliphatic carbocycles. The van der Waals surface area contributed by atoms with Crippen molar-refractivity contribution in [2.75, 3.05) is 13.1 Å². The zero-order valence-electron chi connectivity index (χ0n) is 14.9. The van der Waals surface area contributed by atoms with Crippen LogP contribution in [0.5, 0.6) is 0 Å². The van der Waals surface area contributed by atoms with Crippen LogP contribution in [0.1, 0.15) is 23.1 Å². The Bertz CT molecular complexity index is 833. The number of hydrogen-bond donors (Lipinski definition) is 3. The average molecular weight is 375 g/mol. The van der Waals surface area contributed by atoms with E-state index in [1.54, 1.807) is 12.1 Å². The van der Waals surface area contributed by atoms with Gasteiger partial charge in [0.1, 0.15) is 0 Å². The molecule has 0 aliphatic rings. The van der Waals surface area contributed by atoms with E-state index in [0.29, 0.717) is 25.9 Å². The molecule has 0 bridgehead atoms. The summed E-state index contributed by atoms with van der Waals surface area (Å²) in [7, 11) is -3.67. The van der Waals surface area contributed by atoms with E-state index < -0.39 is 10.0 Å². The summed E-state index contributed by atoms with van der Waals surface area (Å²) in [6.45, 7) is 3.93. The summed E-state index contributed by atoms with van der Waals surface area (Å²) in [5, 5.41) is 11.2. The van der Waals surface area contributed by atoms with Gasteiger partial charge in [0.25, 0.3) is 0 Å². The predicted molar refractivity (Wildman–Crippen MR) is 102 cm³/mol. The Hall–Kier alpha value is -2.22. The lowest BCUT2D eigenvalue weighted by molar-refractivity contribution is -0.120. The number of amides is 1. The molecule has 1 amide bonds. The van der Waals surface area contributed by atoms with E-state index in [2.05, 4.69) is 29.7 Å². The minimum absolute atomic E-state index is 0.0107. The molecule has 0 spiro atoms. The van der Waals surface area contributed by atoms with Crippen molar-refractivity contribution < 1.29 is 13.2 Å². The summed E-state index contributed by atoms with van der Waals surface area (Å²) in [6, 6.07) is 14.5. The molecular formula is C19H25N3O3S. The second-order valence-corrected chi connectivity index (χ2v) is 7.70. The molecule has 0 unspecified atom stereocenters. The molecule has 0 fully saturated rings. The van der Waals surface area contributed by atoms with Crippen LogP contribution >= 0.6 is 0 Å². The van der Waals surface area contributed by atoms with Gasteiger partial charge < -0.3 is 10.6 Å². The molecular weight excluding hydrogens is 350 g/mol. The van der Waals surface area contributed by atoms with Gasteiger partial charge in [-0.1, -0.05) is 36.4 Å². The maximum absolute atomic E-state index is 11.9. The van der Waals surface area contributed by atoms with E-state index in [0.717, 1.165) is 12.1 Å². The van der Waals surface area contributed by atoms with E-state index in [4.69, 9.17) is 5.14 Å². The fourth-order valence-corrected chi connectivity index (χ4v) is 3.03. The van der Waals surface area contributed by atoms with Crippen LogP contribution in [0.25, 0.3) is 0 Å². The molecule has 0 heterocycles. The lowest BCUT2D eigenvalue weighted by atomic mass is 10.1. The fourth-order valence-electron chi connectivity index (χ4n) is 2.51. The van der Waals surface area contributed by atoms with Gasteiger partial charge in [-0.25, -0.2) is 13.6 Å². The molecule has 0 atom stereocenters. The summed E-state index contributed by atoms with van der Waals surface area (Å²) in [6.07, 6.45) is 1.05. The van der Waals surface area contributed by atoms with Gasteiger partial charge in [-0.2, -0.15) is 0 Å². The molecule has 4 N–H and O–H groups in total. The Morgan fingerprint density at radius 1 is 1.04 bits per heavy atom. The number of nitrogens with one attached hydrogen (secondary N) is 2. The Labute approximate surface area is 154 Å². The molecule has 2 aromatic rings. The molecule has 2 rings (SSSR count). The van der Waals surface area contributed by atoms with Crippen molar-refractivity contribution in [2.45, 2.75) is 31.2 Å². The molecule has 6 nitrogen and oxygen atoms in total. The zero-order chi connectivity index (χ0) is 19.0. The van der Waals surface area contributed by atoms with Crippen LogP contribution in [0.3, 0.4) is 0 Å². The number of sulfonamides is 1. The maximum atomic E-state index is 11.9. The first-order chi connectivity index (χ1) is 12.4. The Morgan fingerprint density at radius 3 is 2.38 bits per heavy atom. The van der Waals surface area contributed by atoms with Crippen LogP contribution in [0.15, 0.2) is 53.4 Å². The first-order valence-corrected chi connectivity index (χ1v) is 10.0. The van der Waals surface area contributed by atoms with Crippen LogP contribution in [0.4, 0.5) is 0 Å². The second-order valence-electron chi connectivity index (χ2n) is 6.14. The minimum Gasteiger partial charge on any atom is -0.356 e. The SMILES string of the molecule is Cc1ccccc1CNCCC(=O)NCCc1ccc(S(N)(=O)=O)cc1. The molecule has 0 aliphatic heterocycles. The number of carbonyl (C=O) groups is 1. The number of benzene rings is 2. The zero-order valence-corrected chi connectivity index (χ0v) is 15.7. The highest BCUT2D eigenvalue weighted by Gasteiger charge is 2.07. The van der Waals surface area contributed by atoms with Crippen LogP contribution in [-0.4, -0.2) is 27.4 Å². The maximum Gasteiger partial charge on any atom is 0.238 e. The normalized spacial score (nSPS) is 11.3. The predicted octanol–water partition coefficient (Wildman–Crippen LogP) is 1.48. The number of rotatable bonds is 9. The molecule has 0 saturated heterocycles. The first-order valence-electron chi connectivity index (χ1n) is 8.50. The molecule has 2 aromatic carbocycles. The van der Waals surface area contributed by atoms with E-state index in [9.17, 15) is 13.2 Å². The van der Waals surface area contributed by atoms with Crippen molar-refractivity contribution in [1.82, 2.24) is 10.6 Å². The summed E-state index contributed by atoms with van der Waals surface area (Å²) in [4.78, 5) is 11.9. The molecule has 140 valence electrons. The van der Waals surface area contributed by atoms with E-state index >= 15 is 0 Å². The third-order valence-corrected chi connectivity index (χ3v) is 5.02. The largest absolute Gasteiger partial charge is 0.356 e. The summed E-state index contributed by atoms with van der Waals surface area (Å²) in [5.41, 5.74) is 3.41. The first kappa shape index (κ1) is 20.1. The quantitative estimate of drug-likeness (QED) is 0.578. The van der Waals surface area contributed by atoms with E-state index in [1.165, 1.54) is 23.3 Å². The van der Waals surface area contributed by atoms with Crippen molar-refractivity contribution >= 4 is 15.9 Å². The number of primary sulfonamides is 1. The minimum atomic E-state index is -3.67. The van der Waals surface area contributed by atoms with Crippen molar-refractivity contribution in [2.24, 2.45) is 5.14 Å². The van der Waals surface area contributed by atoms with Gasteiger partial charge in [0, 0.05) is 26.1 Å². The molecule has 7 heteroatoms. The van der Waals surface area contributed by atoms with Crippen LogP contribution in [-0.2, 0) is 27.8 Å². The monoisotopic (exact) mass is 375 g/mol. The number of hydrogen-bond acceptors (Lipinski definition) is 4. The second kappa shape index (κ2) is 9.47. The van der Waals surface area contributed by atoms with Crippen LogP contribution in [0, 0.1) is 6.92 Å². The van der Waals surface area contributed by atoms with Gasteiger partial charge in [0.05, 0.1) is 4.90 Å². The highest BCUT2D eigenvalue weighted by molar-refractivity contribution is 7.89. The van der Waals surface area contributed by atoms with Gasteiger partial charge in [0.2, 0.25) is 15.9 Å². The third-order valence-electron chi connectivity index (χ3n) is 4.09. The lowest BCUT2D eigenvalue weighted by Gasteiger charge is -2.08. The van der Waals surface area contributed by atoms with Gasteiger partial charge in [-0.15, -0.1) is 0 Å². The topological polar surface area (TPSA) is 101 Å². The smallest absolute Gasteiger partial charge is 0.238 e. The standard InChI is InChI=1S/C19H25N3O3S/c1-15-4-2-3-5-17(15)14-21-12-11-19(23)22-13-10-16-6-8-18(9-7-16)26(20,24)25/h2-9,21H,10-14H2,1H3,(H,22,23)(H2,20,24,25). The summed E-state index contributed by atoms with van der Waals surface area (Å²) in [5.74, 6) is -0.0107. The Morgan fingerprint density at radius 2 is 1.73 bits per heavy atom. The molecule has 26 heavy (non-hydrogen) atoms. The Kier molecular flexibility index (Phi) is 7.32. The van der Waals surface area contributed by atoms with Crippen molar-refractivity contribution in [1.29, 1.82) is 0 Å². The number of aryl methyl sites for hydroxylation is 1. The number of carbonyl (C=O) groups excluding carboxylic acids is 1. The van der Waals surface area contributed by atoms with E-state index in [1.807, 2.05) is 12.1 Å². The molecule has 0 radical (unpaired) electrons. The third kappa shape index (κ3) is 6.59. The average Bonchev–Trinajstić information content (AvgIpc) is 2.60. The van der Waals surface area contributed by atoms with Gasteiger partial charge >= 0.3 is 0 Å². The molecule has 0 aromatic heterocycles. The molecule has 0 saturated carbocycles. The van der Waals surface area contributed by atoms with Crippen LogP contribution < -0.4 is 15.8 Å². The van der Waals surface area contributed by atoms with Gasteiger partial charge in [0.15, 0.2) is 0 Å². The Balaban J connectivity index is 1.64. The van der Waals surface area contributed by atoms with E-state index in [-0.39, 0.29) is 10.8 Å².